The molecule has 5 heteroatoms. The van der Waals surface area contributed by atoms with E-state index in [-0.39, 0.29) is 16.7 Å². The lowest BCUT2D eigenvalue weighted by Gasteiger charge is -2.64. The standard InChI is InChI=1S/C21H33N3O2/c1-4-19-5-16-6-20(11-19,13-21(26,7-16)12-19)18(25)23-9-17-8-22-14-24(17)10-15(2)3/h8,14-16,26H,4-7,9-13H2,1-3H3,(H,23,25)/t16-,19+,20+,21-/m1/s1. The Morgan fingerprint density at radius 3 is 2.85 bits per heavy atom. The first-order chi connectivity index (χ1) is 12.3. The van der Waals surface area contributed by atoms with E-state index in [1.165, 1.54) is 6.42 Å². The van der Waals surface area contributed by atoms with E-state index in [2.05, 4.69) is 35.6 Å². The molecular formula is C21H33N3O2. The average Bonchev–Trinajstić information content (AvgIpc) is 2.96. The van der Waals surface area contributed by atoms with Gasteiger partial charge in [-0.2, -0.15) is 0 Å². The minimum atomic E-state index is -0.619. The number of hydrogen-bond acceptors (Lipinski definition) is 3. The zero-order chi connectivity index (χ0) is 18.6. The fraction of sp³-hybridized carbons (Fsp3) is 0.810. The Morgan fingerprint density at radius 2 is 2.15 bits per heavy atom. The molecule has 0 unspecified atom stereocenters. The van der Waals surface area contributed by atoms with Crippen LogP contribution in [0.3, 0.4) is 0 Å². The summed E-state index contributed by atoms with van der Waals surface area (Å²) in [6.07, 6.45) is 10.3. The van der Waals surface area contributed by atoms with Crippen molar-refractivity contribution in [3.63, 3.8) is 0 Å². The number of aromatic nitrogens is 2. The molecule has 4 bridgehead atoms. The molecule has 1 heterocycles. The van der Waals surface area contributed by atoms with Gasteiger partial charge in [0.15, 0.2) is 0 Å². The number of aliphatic hydroxyl groups is 1. The molecule has 0 spiro atoms. The summed E-state index contributed by atoms with van der Waals surface area (Å²) in [5, 5.41) is 14.3. The SMILES string of the molecule is CC[C@@]12C[C@H]3C[C@@](O)(C1)C[C@](C(=O)NCc1cncn1CC(C)C)(C3)C2. The van der Waals surface area contributed by atoms with Gasteiger partial charge in [-0.3, -0.25) is 4.79 Å². The van der Waals surface area contributed by atoms with Crippen LogP contribution in [0.5, 0.6) is 0 Å². The van der Waals surface area contributed by atoms with Gasteiger partial charge in [-0.05, 0) is 55.8 Å². The number of hydrogen-bond donors (Lipinski definition) is 2. The zero-order valence-corrected chi connectivity index (χ0v) is 16.4. The summed E-state index contributed by atoms with van der Waals surface area (Å²) in [4.78, 5) is 17.5. The van der Waals surface area contributed by atoms with E-state index in [0.717, 1.165) is 44.3 Å². The van der Waals surface area contributed by atoms with Gasteiger partial charge in [-0.1, -0.05) is 27.2 Å². The summed E-state index contributed by atoms with van der Waals surface area (Å²) in [6.45, 7) is 8.03. The lowest BCUT2D eigenvalue weighted by molar-refractivity contribution is -0.204. The van der Waals surface area contributed by atoms with Crippen molar-refractivity contribution in [1.29, 1.82) is 0 Å². The Balaban J connectivity index is 1.49. The van der Waals surface area contributed by atoms with Crippen molar-refractivity contribution in [3.8, 4) is 0 Å². The number of rotatable bonds is 6. The quantitative estimate of drug-likeness (QED) is 0.819. The van der Waals surface area contributed by atoms with E-state index in [0.29, 0.717) is 24.8 Å². The maximum atomic E-state index is 13.3. The Morgan fingerprint density at radius 1 is 1.35 bits per heavy atom. The van der Waals surface area contributed by atoms with E-state index in [4.69, 9.17) is 0 Å². The first kappa shape index (κ1) is 18.0. The van der Waals surface area contributed by atoms with Gasteiger partial charge in [-0.25, -0.2) is 4.98 Å². The van der Waals surface area contributed by atoms with Crippen molar-refractivity contribution in [3.05, 3.63) is 18.2 Å². The highest BCUT2D eigenvalue weighted by Gasteiger charge is 2.64. The molecule has 0 aromatic carbocycles. The highest BCUT2D eigenvalue weighted by molar-refractivity contribution is 5.83. The predicted molar refractivity (Wildman–Crippen MR) is 100 cm³/mol. The molecule has 4 aliphatic carbocycles. The number of carbonyl (C=O) groups excluding carboxylic acids is 1. The second-order valence-corrected chi connectivity index (χ2v) is 9.98. The Labute approximate surface area is 156 Å². The molecule has 1 amide bonds. The van der Waals surface area contributed by atoms with Crippen LogP contribution in [0.25, 0.3) is 0 Å². The predicted octanol–water partition coefficient (Wildman–Crippen LogP) is 3.27. The van der Waals surface area contributed by atoms with Crippen LogP contribution >= 0.6 is 0 Å². The molecule has 0 aliphatic heterocycles. The third kappa shape index (κ3) is 2.98. The van der Waals surface area contributed by atoms with Crippen LogP contribution < -0.4 is 5.32 Å². The van der Waals surface area contributed by atoms with Crippen LogP contribution in [0.2, 0.25) is 0 Å². The monoisotopic (exact) mass is 359 g/mol. The number of nitrogens with zero attached hydrogens (tertiary/aromatic N) is 2. The van der Waals surface area contributed by atoms with Crippen molar-refractivity contribution in [1.82, 2.24) is 14.9 Å². The highest BCUT2D eigenvalue weighted by Crippen LogP contribution is 2.67. The van der Waals surface area contributed by atoms with Gasteiger partial charge in [0.25, 0.3) is 0 Å². The normalized spacial score (nSPS) is 38.1. The topological polar surface area (TPSA) is 67.2 Å². The van der Waals surface area contributed by atoms with Crippen LogP contribution in [0, 0.1) is 22.7 Å². The van der Waals surface area contributed by atoms with E-state index >= 15 is 0 Å². The minimum absolute atomic E-state index is 0.148. The molecule has 4 atom stereocenters. The van der Waals surface area contributed by atoms with Gasteiger partial charge in [0, 0.05) is 12.7 Å². The van der Waals surface area contributed by atoms with Gasteiger partial charge in [0.1, 0.15) is 0 Å². The van der Waals surface area contributed by atoms with Crippen LogP contribution in [-0.2, 0) is 17.9 Å². The van der Waals surface area contributed by atoms with Crippen molar-refractivity contribution < 1.29 is 9.90 Å². The second kappa shape index (κ2) is 6.08. The first-order valence-electron chi connectivity index (χ1n) is 10.3. The molecule has 26 heavy (non-hydrogen) atoms. The van der Waals surface area contributed by atoms with E-state index in [1.807, 2.05) is 12.5 Å². The first-order valence-corrected chi connectivity index (χ1v) is 10.3. The van der Waals surface area contributed by atoms with Gasteiger partial charge in [-0.15, -0.1) is 0 Å². The summed E-state index contributed by atoms with van der Waals surface area (Å²) in [6, 6.07) is 0. The summed E-state index contributed by atoms with van der Waals surface area (Å²) in [7, 11) is 0. The maximum absolute atomic E-state index is 13.3. The van der Waals surface area contributed by atoms with Gasteiger partial charge in [0.05, 0.1) is 29.6 Å². The number of imidazole rings is 1. The molecule has 2 N–H and O–H groups in total. The van der Waals surface area contributed by atoms with Gasteiger partial charge >= 0.3 is 0 Å². The molecule has 0 radical (unpaired) electrons. The molecular weight excluding hydrogens is 326 g/mol. The Hall–Kier alpha value is -1.36. The fourth-order valence-corrected chi connectivity index (χ4v) is 6.64. The smallest absolute Gasteiger partial charge is 0.226 e. The Bertz CT molecular complexity index is 699. The molecule has 4 fully saturated rings. The summed E-state index contributed by atoms with van der Waals surface area (Å²) < 4.78 is 2.13. The molecule has 4 saturated carbocycles. The number of carbonyl (C=O) groups is 1. The fourth-order valence-electron chi connectivity index (χ4n) is 6.64. The molecule has 1 aromatic rings. The minimum Gasteiger partial charge on any atom is -0.390 e. The molecule has 4 aliphatic rings. The molecule has 144 valence electrons. The number of amides is 1. The van der Waals surface area contributed by atoms with Crippen molar-refractivity contribution in [2.45, 2.75) is 84.4 Å². The van der Waals surface area contributed by atoms with Crippen LogP contribution in [-0.4, -0.2) is 26.2 Å². The average molecular weight is 360 g/mol. The molecule has 5 rings (SSSR count). The highest BCUT2D eigenvalue weighted by atomic mass is 16.3. The van der Waals surface area contributed by atoms with E-state index in [1.54, 1.807) is 0 Å². The lowest BCUT2D eigenvalue weighted by Crippen LogP contribution is -2.63. The third-order valence-electron chi connectivity index (χ3n) is 7.18. The van der Waals surface area contributed by atoms with Gasteiger partial charge < -0.3 is 15.0 Å². The molecule has 1 aromatic heterocycles. The summed E-state index contributed by atoms with van der Waals surface area (Å²) in [5.74, 6) is 1.20. The lowest BCUT2D eigenvalue weighted by atomic mass is 9.42. The van der Waals surface area contributed by atoms with E-state index < -0.39 is 5.60 Å². The van der Waals surface area contributed by atoms with Crippen molar-refractivity contribution in [2.24, 2.45) is 22.7 Å². The summed E-state index contributed by atoms with van der Waals surface area (Å²) in [5.41, 5.74) is 0.241. The number of nitrogens with one attached hydrogen (secondary N) is 1. The largest absolute Gasteiger partial charge is 0.390 e. The third-order valence-corrected chi connectivity index (χ3v) is 7.18. The van der Waals surface area contributed by atoms with Crippen molar-refractivity contribution >= 4 is 5.91 Å². The molecule has 0 saturated heterocycles. The molecule has 5 nitrogen and oxygen atoms in total. The zero-order valence-electron chi connectivity index (χ0n) is 16.4. The van der Waals surface area contributed by atoms with E-state index in [9.17, 15) is 9.90 Å². The van der Waals surface area contributed by atoms with Crippen LogP contribution in [0.15, 0.2) is 12.5 Å². The van der Waals surface area contributed by atoms with Crippen LogP contribution in [0.1, 0.15) is 71.4 Å². The Kier molecular flexibility index (Phi) is 4.22. The van der Waals surface area contributed by atoms with Crippen LogP contribution in [0.4, 0.5) is 0 Å². The van der Waals surface area contributed by atoms with Crippen molar-refractivity contribution in [2.75, 3.05) is 0 Å². The second-order valence-electron chi connectivity index (χ2n) is 9.98. The van der Waals surface area contributed by atoms with Gasteiger partial charge in [0.2, 0.25) is 5.91 Å². The maximum Gasteiger partial charge on any atom is 0.226 e. The summed E-state index contributed by atoms with van der Waals surface area (Å²) >= 11 is 0.